The summed E-state index contributed by atoms with van der Waals surface area (Å²) < 4.78 is 13.3. The van der Waals surface area contributed by atoms with Gasteiger partial charge in [-0.1, -0.05) is 0 Å². The largest absolute Gasteiger partial charge is 0.505 e. The van der Waals surface area contributed by atoms with E-state index >= 15 is 0 Å². The highest BCUT2D eigenvalue weighted by Crippen LogP contribution is 2.26. The van der Waals surface area contributed by atoms with Gasteiger partial charge in [-0.05, 0) is 41.8 Å². The van der Waals surface area contributed by atoms with Crippen molar-refractivity contribution in [1.82, 2.24) is 9.99 Å². The third-order valence-electron chi connectivity index (χ3n) is 3.25. The Labute approximate surface area is 127 Å². The summed E-state index contributed by atoms with van der Waals surface area (Å²) in [4.78, 5) is 3.96. The molecule has 1 aromatic heterocycles. The fraction of sp³-hybridized carbons (Fsp3) is 0.214. The first-order valence-electron chi connectivity index (χ1n) is 6.14. The van der Waals surface area contributed by atoms with Gasteiger partial charge in [0.25, 0.3) is 0 Å². The topological polar surface area (TPSA) is 48.4 Å². The van der Waals surface area contributed by atoms with Crippen molar-refractivity contribution in [2.75, 3.05) is 12.0 Å². The van der Waals surface area contributed by atoms with Crippen molar-refractivity contribution in [2.24, 2.45) is 0 Å². The molecule has 0 atom stereocenters. The molecule has 0 unspecified atom stereocenters. The summed E-state index contributed by atoms with van der Waals surface area (Å²) in [6.07, 6.45) is 4.20. The van der Waals surface area contributed by atoms with Gasteiger partial charge in [-0.15, -0.1) is 17.0 Å². The number of aromatic hydroxyl groups is 1. The molecule has 0 spiro atoms. The van der Waals surface area contributed by atoms with Crippen molar-refractivity contribution in [3.63, 3.8) is 0 Å². The number of hydrogen-bond donors (Lipinski definition) is 2. The predicted octanol–water partition coefficient (Wildman–Crippen LogP) is 2.89. The van der Waals surface area contributed by atoms with Crippen LogP contribution in [0, 0.1) is 5.82 Å². The number of nitrogens with zero attached hydrogens (tertiary/aromatic N) is 2. The Morgan fingerprint density at radius 2 is 1.95 bits per heavy atom. The van der Waals surface area contributed by atoms with E-state index in [0.29, 0.717) is 6.54 Å². The molecule has 1 aliphatic heterocycles. The van der Waals surface area contributed by atoms with E-state index in [1.807, 2.05) is 17.1 Å². The number of pyridine rings is 1. The van der Waals surface area contributed by atoms with Crippen molar-refractivity contribution in [3.05, 3.63) is 53.6 Å². The standard InChI is InChI=1S/C14H14FN3O.BrH/c15-13-7-10-3-6-18(9-11(10)8-14(13)19)17-12-1-4-16-5-2-12;/h1-2,4-5,7-8,19H,3,6,9H2,(H,16,17);1H. The number of hydrogen-bond acceptors (Lipinski definition) is 4. The minimum Gasteiger partial charge on any atom is -0.505 e. The summed E-state index contributed by atoms with van der Waals surface area (Å²) >= 11 is 0. The summed E-state index contributed by atoms with van der Waals surface area (Å²) in [5.41, 5.74) is 6.15. The molecule has 0 amide bonds. The van der Waals surface area contributed by atoms with Crippen molar-refractivity contribution < 1.29 is 9.50 Å². The summed E-state index contributed by atoms with van der Waals surface area (Å²) in [6.45, 7) is 1.42. The normalized spacial score (nSPS) is 14.2. The van der Waals surface area contributed by atoms with Crippen LogP contribution in [0.5, 0.6) is 5.75 Å². The van der Waals surface area contributed by atoms with Gasteiger partial charge in [-0.2, -0.15) is 0 Å². The number of aromatic nitrogens is 1. The Morgan fingerprint density at radius 3 is 2.70 bits per heavy atom. The lowest BCUT2D eigenvalue weighted by Gasteiger charge is -2.29. The molecule has 4 nitrogen and oxygen atoms in total. The number of phenolic OH excluding ortho intramolecular Hbond substituents is 1. The van der Waals surface area contributed by atoms with Gasteiger partial charge in [0.1, 0.15) is 0 Å². The monoisotopic (exact) mass is 339 g/mol. The number of benzene rings is 1. The van der Waals surface area contributed by atoms with E-state index in [1.54, 1.807) is 12.4 Å². The molecule has 2 aromatic rings. The molecule has 2 N–H and O–H groups in total. The number of nitrogens with one attached hydrogen (secondary N) is 1. The highest BCUT2D eigenvalue weighted by molar-refractivity contribution is 8.93. The minimum absolute atomic E-state index is 0. The fourth-order valence-electron chi connectivity index (χ4n) is 2.27. The third-order valence-corrected chi connectivity index (χ3v) is 3.25. The molecule has 0 aliphatic carbocycles. The molecular weight excluding hydrogens is 325 g/mol. The number of fused-ring (bicyclic) bond motifs is 1. The zero-order valence-corrected chi connectivity index (χ0v) is 12.4. The van der Waals surface area contributed by atoms with E-state index in [-0.39, 0.29) is 22.7 Å². The highest BCUT2D eigenvalue weighted by Gasteiger charge is 2.18. The van der Waals surface area contributed by atoms with E-state index in [0.717, 1.165) is 29.8 Å². The Balaban J connectivity index is 0.00000147. The first-order valence-corrected chi connectivity index (χ1v) is 6.14. The van der Waals surface area contributed by atoms with Crippen LogP contribution in [0.4, 0.5) is 10.1 Å². The lowest BCUT2D eigenvalue weighted by Crippen LogP contribution is -2.35. The van der Waals surface area contributed by atoms with Crippen LogP contribution < -0.4 is 5.43 Å². The molecule has 106 valence electrons. The van der Waals surface area contributed by atoms with Crippen molar-refractivity contribution in [2.45, 2.75) is 13.0 Å². The Hall–Kier alpha value is -1.66. The predicted molar refractivity (Wildman–Crippen MR) is 80.4 cm³/mol. The molecule has 2 heterocycles. The zero-order valence-electron chi connectivity index (χ0n) is 10.7. The van der Waals surface area contributed by atoms with Crippen molar-refractivity contribution in [3.8, 4) is 5.75 Å². The Kier molecular flexibility index (Phi) is 4.57. The van der Waals surface area contributed by atoms with Crippen LogP contribution in [0.1, 0.15) is 11.1 Å². The zero-order chi connectivity index (χ0) is 13.2. The second-order valence-electron chi connectivity index (χ2n) is 4.59. The number of rotatable bonds is 2. The van der Waals surface area contributed by atoms with E-state index in [4.69, 9.17) is 0 Å². The lowest BCUT2D eigenvalue weighted by atomic mass is 10.00. The van der Waals surface area contributed by atoms with Gasteiger partial charge in [0.2, 0.25) is 0 Å². The van der Waals surface area contributed by atoms with Crippen LogP contribution in [0.3, 0.4) is 0 Å². The van der Waals surface area contributed by atoms with Crippen LogP contribution in [-0.2, 0) is 13.0 Å². The molecule has 3 rings (SSSR count). The van der Waals surface area contributed by atoms with Gasteiger partial charge in [-0.25, -0.2) is 9.40 Å². The summed E-state index contributed by atoms with van der Waals surface area (Å²) in [7, 11) is 0. The number of anilines is 1. The molecule has 1 aromatic carbocycles. The Morgan fingerprint density at radius 1 is 1.20 bits per heavy atom. The van der Waals surface area contributed by atoms with Gasteiger partial charge >= 0.3 is 0 Å². The van der Waals surface area contributed by atoms with Gasteiger partial charge in [-0.3, -0.25) is 4.98 Å². The highest BCUT2D eigenvalue weighted by atomic mass is 79.9. The van der Waals surface area contributed by atoms with E-state index in [1.165, 1.54) is 12.1 Å². The second kappa shape index (κ2) is 6.19. The quantitative estimate of drug-likeness (QED) is 0.883. The van der Waals surface area contributed by atoms with E-state index in [9.17, 15) is 9.50 Å². The molecular formula is C14H15BrFN3O. The average molecular weight is 340 g/mol. The maximum atomic E-state index is 13.3. The van der Waals surface area contributed by atoms with Gasteiger partial charge in [0.05, 0.1) is 5.69 Å². The molecule has 20 heavy (non-hydrogen) atoms. The molecule has 1 aliphatic rings. The number of halogens is 2. The van der Waals surface area contributed by atoms with E-state index in [2.05, 4.69) is 10.4 Å². The van der Waals surface area contributed by atoms with Crippen LogP contribution in [0.15, 0.2) is 36.7 Å². The maximum Gasteiger partial charge on any atom is 0.165 e. The van der Waals surface area contributed by atoms with Gasteiger partial charge < -0.3 is 10.5 Å². The SMILES string of the molecule is Br.Oc1cc2c(cc1F)CCN(Nc1ccncc1)C2. The van der Waals surface area contributed by atoms with Crippen LogP contribution in [0.2, 0.25) is 0 Å². The summed E-state index contributed by atoms with van der Waals surface area (Å²) in [5.74, 6) is -0.834. The molecule has 0 saturated carbocycles. The third kappa shape index (κ3) is 3.08. The van der Waals surface area contributed by atoms with Crippen LogP contribution in [-0.4, -0.2) is 21.6 Å². The smallest absolute Gasteiger partial charge is 0.165 e. The minimum atomic E-state index is -0.547. The number of phenols is 1. The summed E-state index contributed by atoms with van der Waals surface area (Å²) in [5, 5.41) is 11.5. The molecule has 0 bridgehead atoms. The fourth-order valence-corrected chi connectivity index (χ4v) is 2.27. The van der Waals surface area contributed by atoms with E-state index < -0.39 is 5.82 Å². The van der Waals surface area contributed by atoms with Gasteiger partial charge in [0.15, 0.2) is 11.6 Å². The van der Waals surface area contributed by atoms with Crippen LogP contribution >= 0.6 is 17.0 Å². The molecule has 0 saturated heterocycles. The van der Waals surface area contributed by atoms with Crippen LogP contribution in [0.25, 0.3) is 0 Å². The number of hydrazine groups is 1. The van der Waals surface area contributed by atoms with Gasteiger partial charge in [0, 0.05) is 25.5 Å². The Bertz CT molecular complexity index is 594. The molecule has 6 heteroatoms. The van der Waals surface area contributed by atoms with Crippen molar-refractivity contribution in [1.29, 1.82) is 0 Å². The first-order chi connectivity index (χ1) is 9.22. The lowest BCUT2D eigenvalue weighted by molar-refractivity contribution is 0.305. The molecule has 0 radical (unpaired) electrons. The van der Waals surface area contributed by atoms with Crippen molar-refractivity contribution >= 4 is 22.7 Å². The maximum absolute atomic E-state index is 13.3. The first kappa shape index (κ1) is 14.7. The second-order valence-corrected chi connectivity index (χ2v) is 4.59. The summed E-state index contributed by atoms with van der Waals surface area (Å²) in [6, 6.07) is 6.70. The average Bonchev–Trinajstić information content (AvgIpc) is 2.42. The molecule has 0 fully saturated rings.